The molecule has 0 saturated carbocycles. The van der Waals surface area contributed by atoms with Crippen LogP contribution in [0.25, 0.3) is 10.9 Å². The second-order valence-corrected chi connectivity index (χ2v) is 7.63. The van der Waals surface area contributed by atoms with Gasteiger partial charge in [0.05, 0.1) is 18.3 Å². The SMILES string of the molecule is C[C@H]1c2nc(C(=O)NCc3ccccn3)cn2CCN1C(=O)c1cc2ccccc2[nH]1. The van der Waals surface area contributed by atoms with Crippen molar-refractivity contribution in [3.63, 3.8) is 0 Å². The fourth-order valence-corrected chi connectivity index (χ4v) is 3.99. The highest BCUT2D eigenvalue weighted by atomic mass is 16.2. The summed E-state index contributed by atoms with van der Waals surface area (Å²) in [5, 5.41) is 3.85. The molecule has 1 aliphatic rings. The quantitative estimate of drug-likeness (QED) is 0.537. The Labute approximate surface area is 178 Å². The standard InChI is InChI=1S/C23H22N6O2/c1-15-21-27-20(22(30)25-13-17-7-4-5-9-24-17)14-28(21)10-11-29(15)23(31)19-12-16-6-2-3-8-18(16)26-19/h2-9,12,14-15,26H,10-11,13H2,1H3,(H,25,30)/t15-/m0/s1. The van der Waals surface area contributed by atoms with Gasteiger partial charge in [-0.2, -0.15) is 0 Å². The number of hydrogen-bond acceptors (Lipinski definition) is 4. The van der Waals surface area contributed by atoms with E-state index in [4.69, 9.17) is 0 Å². The molecule has 0 spiro atoms. The van der Waals surface area contributed by atoms with Gasteiger partial charge in [-0.05, 0) is 31.2 Å². The Bertz CT molecular complexity index is 1230. The zero-order valence-electron chi connectivity index (χ0n) is 17.1. The molecule has 5 rings (SSSR count). The van der Waals surface area contributed by atoms with Crippen LogP contribution in [0, 0.1) is 0 Å². The maximum Gasteiger partial charge on any atom is 0.271 e. The minimum atomic E-state index is -0.256. The molecule has 0 bridgehead atoms. The number of carbonyl (C=O) groups is 2. The highest BCUT2D eigenvalue weighted by Gasteiger charge is 2.31. The highest BCUT2D eigenvalue weighted by molar-refractivity contribution is 5.98. The van der Waals surface area contributed by atoms with Crippen LogP contribution in [0.3, 0.4) is 0 Å². The van der Waals surface area contributed by atoms with E-state index in [1.807, 2.05) is 60.0 Å². The van der Waals surface area contributed by atoms with E-state index in [9.17, 15) is 9.59 Å². The number of rotatable bonds is 4. The van der Waals surface area contributed by atoms with Crippen LogP contribution in [-0.4, -0.2) is 42.8 Å². The summed E-state index contributed by atoms with van der Waals surface area (Å²) in [5.41, 5.74) is 2.62. The van der Waals surface area contributed by atoms with E-state index >= 15 is 0 Å². The number of aromatic amines is 1. The fraction of sp³-hybridized carbons (Fsp3) is 0.217. The Kier molecular flexibility index (Phi) is 4.74. The molecule has 4 heterocycles. The van der Waals surface area contributed by atoms with Crippen LogP contribution in [0.15, 0.2) is 60.9 Å². The Morgan fingerprint density at radius 1 is 1.16 bits per heavy atom. The number of benzene rings is 1. The lowest BCUT2D eigenvalue weighted by atomic mass is 10.2. The summed E-state index contributed by atoms with van der Waals surface area (Å²) < 4.78 is 1.95. The highest BCUT2D eigenvalue weighted by Crippen LogP contribution is 2.27. The van der Waals surface area contributed by atoms with Crippen molar-refractivity contribution in [3.05, 3.63) is 83.8 Å². The van der Waals surface area contributed by atoms with Gasteiger partial charge in [0.1, 0.15) is 17.2 Å². The molecule has 1 aliphatic heterocycles. The summed E-state index contributed by atoms with van der Waals surface area (Å²) in [4.78, 5) is 39.5. The number of aromatic nitrogens is 4. The van der Waals surface area contributed by atoms with Crippen molar-refractivity contribution in [1.29, 1.82) is 0 Å². The second-order valence-electron chi connectivity index (χ2n) is 7.63. The molecular weight excluding hydrogens is 392 g/mol. The minimum absolute atomic E-state index is 0.0703. The molecule has 8 nitrogen and oxygen atoms in total. The van der Waals surface area contributed by atoms with Crippen molar-refractivity contribution in [1.82, 2.24) is 29.7 Å². The maximum absolute atomic E-state index is 13.2. The van der Waals surface area contributed by atoms with E-state index in [0.717, 1.165) is 16.6 Å². The molecule has 1 aromatic carbocycles. The van der Waals surface area contributed by atoms with Gasteiger partial charge in [0.25, 0.3) is 11.8 Å². The summed E-state index contributed by atoms with van der Waals surface area (Å²) in [6, 6.07) is 15.0. The predicted octanol–water partition coefficient (Wildman–Crippen LogP) is 2.91. The summed E-state index contributed by atoms with van der Waals surface area (Å²) in [6.45, 7) is 3.41. The lowest BCUT2D eigenvalue weighted by Gasteiger charge is -2.33. The first-order valence-electron chi connectivity index (χ1n) is 10.2. The number of para-hydroxylation sites is 1. The van der Waals surface area contributed by atoms with E-state index in [1.165, 1.54) is 0 Å². The smallest absolute Gasteiger partial charge is 0.271 e. The van der Waals surface area contributed by atoms with Crippen LogP contribution in [0.2, 0.25) is 0 Å². The molecule has 8 heteroatoms. The van der Waals surface area contributed by atoms with Gasteiger partial charge in [0.2, 0.25) is 0 Å². The van der Waals surface area contributed by atoms with Gasteiger partial charge in [-0.3, -0.25) is 14.6 Å². The first-order chi connectivity index (χ1) is 15.1. The van der Waals surface area contributed by atoms with Gasteiger partial charge >= 0.3 is 0 Å². The third kappa shape index (κ3) is 3.56. The zero-order chi connectivity index (χ0) is 21.4. The molecule has 0 saturated heterocycles. The largest absolute Gasteiger partial charge is 0.351 e. The van der Waals surface area contributed by atoms with E-state index in [-0.39, 0.29) is 17.9 Å². The number of nitrogens with one attached hydrogen (secondary N) is 2. The van der Waals surface area contributed by atoms with Crippen molar-refractivity contribution in [3.8, 4) is 0 Å². The Morgan fingerprint density at radius 2 is 2.00 bits per heavy atom. The van der Waals surface area contributed by atoms with Crippen LogP contribution in [0.1, 0.15) is 45.5 Å². The fourth-order valence-electron chi connectivity index (χ4n) is 3.99. The lowest BCUT2D eigenvalue weighted by Crippen LogP contribution is -2.41. The van der Waals surface area contributed by atoms with Crippen LogP contribution in [0.4, 0.5) is 0 Å². The Balaban J connectivity index is 1.32. The number of fused-ring (bicyclic) bond motifs is 2. The van der Waals surface area contributed by atoms with Crippen LogP contribution in [0.5, 0.6) is 0 Å². The molecule has 31 heavy (non-hydrogen) atoms. The second kappa shape index (κ2) is 7.71. The number of hydrogen-bond donors (Lipinski definition) is 2. The molecule has 2 N–H and O–H groups in total. The van der Waals surface area contributed by atoms with Crippen molar-refractivity contribution in [2.75, 3.05) is 6.54 Å². The first-order valence-corrected chi connectivity index (χ1v) is 10.2. The molecule has 1 atom stereocenters. The number of carbonyl (C=O) groups excluding carboxylic acids is 2. The zero-order valence-corrected chi connectivity index (χ0v) is 17.1. The summed E-state index contributed by atoms with van der Waals surface area (Å²) in [5.74, 6) is 0.381. The molecule has 0 radical (unpaired) electrons. The molecule has 0 fully saturated rings. The Hall–Kier alpha value is -3.94. The Morgan fingerprint density at radius 3 is 2.81 bits per heavy atom. The topological polar surface area (TPSA) is 95.9 Å². The van der Waals surface area contributed by atoms with E-state index in [1.54, 1.807) is 17.3 Å². The lowest BCUT2D eigenvalue weighted by molar-refractivity contribution is 0.0632. The van der Waals surface area contributed by atoms with Gasteiger partial charge in [0, 0.05) is 36.4 Å². The number of imidazole rings is 1. The van der Waals surface area contributed by atoms with Crippen LogP contribution < -0.4 is 5.32 Å². The third-order valence-electron chi connectivity index (χ3n) is 5.64. The maximum atomic E-state index is 13.2. The number of H-pyrrole nitrogens is 1. The van der Waals surface area contributed by atoms with Crippen LogP contribution >= 0.6 is 0 Å². The molecule has 156 valence electrons. The minimum Gasteiger partial charge on any atom is -0.351 e. The van der Waals surface area contributed by atoms with Gasteiger partial charge in [-0.1, -0.05) is 24.3 Å². The average Bonchev–Trinajstić information content (AvgIpc) is 3.43. The van der Waals surface area contributed by atoms with Crippen molar-refractivity contribution >= 4 is 22.7 Å². The third-order valence-corrected chi connectivity index (χ3v) is 5.64. The van der Waals surface area contributed by atoms with Gasteiger partial charge in [-0.25, -0.2) is 4.98 Å². The predicted molar refractivity (Wildman–Crippen MR) is 115 cm³/mol. The molecular formula is C23H22N6O2. The van der Waals surface area contributed by atoms with Gasteiger partial charge in [0.15, 0.2) is 0 Å². The summed E-state index contributed by atoms with van der Waals surface area (Å²) in [7, 11) is 0. The number of pyridine rings is 1. The van der Waals surface area contributed by atoms with Gasteiger partial charge in [-0.15, -0.1) is 0 Å². The normalized spacial score (nSPS) is 15.6. The monoisotopic (exact) mass is 414 g/mol. The average molecular weight is 414 g/mol. The molecule has 2 amide bonds. The first kappa shape index (κ1) is 19.0. The molecule has 3 aromatic heterocycles. The van der Waals surface area contributed by atoms with Gasteiger partial charge < -0.3 is 19.8 Å². The number of amides is 2. The van der Waals surface area contributed by atoms with Crippen LogP contribution in [-0.2, 0) is 13.1 Å². The van der Waals surface area contributed by atoms with Crippen molar-refractivity contribution in [2.24, 2.45) is 0 Å². The molecule has 4 aromatic rings. The summed E-state index contributed by atoms with van der Waals surface area (Å²) in [6.07, 6.45) is 3.45. The van der Waals surface area contributed by atoms with E-state index in [2.05, 4.69) is 20.3 Å². The summed E-state index contributed by atoms with van der Waals surface area (Å²) >= 11 is 0. The molecule has 0 aliphatic carbocycles. The van der Waals surface area contributed by atoms with E-state index < -0.39 is 0 Å². The van der Waals surface area contributed by atoms with E-state index in [0.29, 0.717) is 36.8 Å². The van der Waals surface area contributed by atoms with Crippen molar-refractivity contribution in [2.45, 2.75) is 26.1 Å². The number of nitrogens with zero attached hydrogens (tertiary/aromatic N) is 4. The molecule has 0 unspecified atom stereocenters. The van der Waals surface area contributed by atoms with Crippen molar-refractivity contribution < 1.29 is 9.59 Å².